The Labute approximate surface area is 123 Å². The van der Waals surface area contributed by atoms with Gasteiger partial charge in [0.05, 0.1) is 11.3 Å². The van der Waals surface area contributed by atoms with Crippen LogP contribution in [0.1, 0.15) is 28.5 Å². The number of aliphatic carboxylic acids is 1. The molecule has 1 unspecified atom stereocenters. The molecular weight excluding hydrogens is 293 g/mol. The normalized spacial score (nSPS) is 16.3. The fraction of sp³-hybridized carbons (Fsp3) is 0.214. The van der Waals surface area contributed by atoms with E-state index in [-0.39, 0.29) is 5.56 Å². The van der Waals surface area contributed by atoms with Crippen molar-refractivity contribution in [1.82, 2.24) is 4.98 Å². The van der Waals surface area contributed by atoms with Crippen LogP contribution in [0.3, 0.4) is 0 Å². The number of aryl methyl sites for hydroxylation is 1. The van der Waals surface area contributed by atoms with Gasteiger partial charge in [-0.1, -0.05) is 0 Å². The van der Waals surface area contributed by atoms with E-state index in [0.717, 1.165) is 4.88 Å². The molecule has 106 valence electrons. The van der Waals surface area contributed by atoms with Crippen LogP contribution in [0.15, 0.2) is 18.2 Å². The monoisotopic (exact) mass is 303 g/mol. The number of benzene rings is 1. The van der Waals surface area contributed by atoms with Crippen molar-refractivity contribution >= 4 is 28.1 Å². The molecule has 0 saturated heterocycles. The molecule has 1 aliphatic carbocycles. The summed E-state index contributed by atoms with van der Waals surface area (Å²) < 4.78 is 13.3. The molecule has 0 saturated carbocycles. The fourth-order valence-corrected chi connectivity index (χ4v) is 3.39. The van der Waals surface area contributed by atoms with Crippen LogP contribution in [-0.2, 0) is 11.2 Å². The molecule has 21 heavy (non-hydrogen) atoms. The lowest BCUT2D eigenvalue weighted by atomic mass is 10.1. The fourth-order valence-electron chi connectivity index (χ4n) is 2.33. The van der Waals surface area contributed by atoms with Crippen LogP contribution in [0.25, 0.3) is 0 Å². The van der Waals surface area contributed by atoms with E-state index >= 15 is 0 Å². The standard InChI is InChI=1S/C14H10FN3O2S/c15-10-3-1-8(5-7(10)6-16)17-14-18-12-9(13(19)20)2-4-11(12)21-14/h1,3,5,9H,2,4H2,(H,17,18)(H,19,20). The van der Waals surface area contributed by atoms with Crippen molar-refractivity contribution in [2.75, 3.05) is 5.32 Å². The van der Waals surface area contributed by atoms with E-state index in [2.05, 4.69) is 10.3 Å². The van der Waals surface area contributed by atoms with Crippen LogP contribution >= 0.6 is 11.3 Å². The molecule has 0 amide bonds. The second-order valence-electron chi connectivity index (χ2n) is 4.69. The number of hydrogen-bond donors (Lipinski definition) is 2. The Kier molecular flexibility index (Phi) is 3.31. The highest BCUT2D eigenvalue weighted by molar-refractivity contribution is 7.15. The number of rotatable bonds is 3. The number of carboxylic acids is 1. The number of fused-ring (bicyclic) bond motifs is 1. The average molecular weight is 303 g/mol. The molecule has 0 aliphatic heterocycles. The number of halogens is 1. The third-order valence-corrected chi connectivity index (χ3v) is 4.40. The van der Waals surface area contributed by atoms with E-state index < -0.39 is 17.7 Å². The summed E-state index contributed by atoms with van der Waals surface area (Å²) in [4.78, 5) is 16.4. The van der Waals surface area contributed by atoms with Crippen LogP contribution in [0.5, 0.6) is 0 Å². The number of anilines is 2. The molecule has 7 heteroatoms. The summed E-state index contributed by atoms with van der Waals surface area (Å²) in [5, 5.41) is 21.5. The van der Waals surface area contributed by atoms with E-state index in [9.17, 15) is 9.18 Å². The Morgan fingerprint density at radius 2 is 2.38 bits per heavy atom. The minimum absolute atomic E-state index is 0.0486. The van der Waals surface area contributed by atoms with Crippen molar-refractivity contribution in [3.05, 3.63) is 40.2 Å². The first-order valence-corrected chi connectivity index (χ1v) is 7.09. The average Bonchev–Trinajstić information content (AvgIpc) is 3.00. The summed E-state index contributed by atoms with van der Waals surface area (Å²) >= 11 is 1.39. The van der Waals surface area contributed by atoms with Crippen molar-refractivity contribution in [2.24, 2.45) is 0 Å². The molecule has 1 aromatic carbocycles. The SMILES string of the molecule is N#Cc1cc(Nc2nc3c(s2)CCC3C(=O)O)ccc1F. The minimum atomic E-state index is -0.862. The topological polar surface area (TPSA) is 86.0 Å². The lowest BCUT2D eigenvalue weighted by molar-refractivity contribution is -0.138. The predicted molar refractivity (Wildman–Crippen MR) is 75.2 cm³/mol. The summed E-state index contributed by atoms with van der Waals surface area (Å²) in [6, 6.07) is 5.89. The van der Waals surface area contributed by atoms with Crippen molar-refractivity contribution in [3.63, 3.8) is 0 Å². The molecule has 0 bridgehead atoms. The van der Waals surface area contributed by atoms with Crippen LogP contribution in [0, 0.1) is 17.1 Å². The van der Waals surface area contributed by atoms with Gasteiger partial charge < -0.3 is 10.4 Å². The highest BCUT2D eigenvalue weighted by atomic mass is 32.1. The number of thiazole rings is 1. The number of nitriles is 1. The lowest BCUT2D eigenvalue weighted by Gasteiger charge is -2.04. The minimum Gasteiger partial charge on any atom is -0.481 e. The van der Waals surface area contributed by atoms with E-state index in [1.807, 2.05) is 0 Å². The molecule has 2 N–H and O–H groups in total. The molecular formula is C14H10FN3O2S. The van der Waals surface area contributed by atoms with Crippen LogP contribution < -0.4 is 5.32 Å². The Balaban J connectivity index is 1.86. The van der Waals surface area contributed by atoms with Gasteiger partial charge in [0, 0.05) is 10.6 Å². The van der Waals surface area contributed by atoms with Gasteiger partial charge in [-0.25, -0.2) is 9.37 Å². The molecule has 3 rings (SSSR count). The molecule has 1 heterocycles. The summed E-state index contributed by atoms with van der Waals surface area (Å²) in [5.74, 6) is -1.98. The van der Waals surface area contributed by atoms with E-state index in [1.54, 1.807) is 6.07 Å². The molecule has 0 spiro atoms. The van der Waals surface area contributed by atoms with Crippen molar-refractivity contribution in [2.45, 2.75) is 18.8 Å². The lowest BCUT2D eigenvalue weighted by Crippen LogP contribution is -2.08. The number of aromatic nitrogens is 1. The zero-order chi connectivity index (χ0) is 15.0. The van der Waals surface area contributed by atoms with Crippen LogP contribution in [-0.4, -0.2) is 16.1 Å². The number of carbonyl (C=O) groups is 1. The van der Waals surface area contributed by atoms with Crippen LogP contribution in [0.2, 0.25) is 0 Å². The first-order chi connectivity index (χ1) is 10.1. The summed E-state index contributed by atoms with van der Waals surface area (Å²) in [6.07, 6.45) is 1.29. The smallest absolute Gasteiger partial charge is 0.312 e. The molecule has 1 aliphatic rings. The molecule has 5 nitrogen and oxygen atoms in total. The maximum atomic E-state index is 13.3. The van der Waals surface area contributed by atoms with Gasteiger partial charge in [0.25, 0.3) is 0 Å². The Hall–Kier alpha value is -2.46. The van der Waals surface area contributed by atoms with Gasteiger partial charge in [0.1, 0.15) is 17.8 Å². The zero-order valence-corrected chi connectivity index (χ0v) is 11.6. The first-order valence-electron chi connectivity index (χ1n) is 6.27. The van der Waals surface area contributed by atoms with Gasteiger partial charge in [-0.15, -0.1) is 11.3 Å². The zero-order valence-electron chi connectivity index (χ0n) is 10.8. The van der Waals surface area contributed by atoms with Crippen molar-refractivity contribution in [3.8, 4) is 6.07 Å². The van der Waals surface area contributed by atoms with Gasteiger partial charge in [-0.2, -0.15) is 5.26 Å². The molecule has 1 atom stereocenters. The number of hydrogen-bond acceptors (Lipinski definition) is 5. The largest absolute Gasteiger partial charge is 0.481 e. The maximum absolute atomic E-state index is 13.3. The predicted octanol–water partition coefficient (Wildman–Crippen LogP) is 3.01. The highest BCUT2D eigenvalue weighted by Gasteiger charge is 2.32. The molecule has 0 radical (unpaired) electrons. The summed E-state index contributed by atoms with van der Waals surface area (Å²) in [7, 11) is 0. The van der Waals surface area contributed by atoms with E-state index in [0.29, 0.717) is 29.4 Å². The van der Waals surface area contributed by atoms with Gasteiger partial charge in [-0.3, -0.25) is 4.79 Å². The number of carboxylic acid groups (broad SMARTS) is 1. The van der Waals surface area contributed by atoms with Crippen molar-refractivity contribution in [1.29, 1.82) is 5.26 Å². The molecule has 1 aromatic heterocycles. The van der Waals surface area contributed by atoms with Gasteiger partial charge in [0.2, 0.25) is 0 Å². The summed E-state index contributed by atoms with van der Waals surface area (Å²) in [6.45, 7) is 0. The summed E-state index contributed by atoms with van der Waals surface area (Å²) in [5.41, 5.74) is 1.11. The van der Waals surface area contributed by atoms with Gasteiger partial charge >= 0.3 is 5.97 Å². The third kappa shape index (κ3) is 2.45. The third-order valence-electron chi connectivity index (χ3n) is 3.35. The maximum Gasteiger partial charge on any atom is 0.312 e. The second kappa shape index (κ2) is 5.14. The first kappa shape index (κ1) is 13.5. The van der Waals surface area contributed by atoms with E-state index in [4.69, 9.17) is 10.4 Å². The second-order valence-corrected chi connectivity index (χ2v) is 5.77. The highest BCUT2D eigenvalue weighted by Crippen LogP contribution is 2.39. The van der Waals surface area contributed by atoms with Crippen molar-refractivity contribution < 1.29 is 14.3 Å². The van der Waals surface area contributed by atoms with E-state index in [1.165, 1.54) is 29.5 Å². The number of nitrogens with one attached hydrogen (secondary N) is 1. The van der Waals surface area contributed by atoms with Gasteiger partial charge in [-0.05, 0) is 31.0 Å². The Bertz CT molecular complexity index is 766. The Morgan fingerprint density at radius 3 is 3.10 bits per heavy atom. The van der Waals surface area contributed by atoms with Gasteiger partial charge in [0.15, 0.2) is 5.13 Å². The number of nitrogens with zero attached hydrogens (tertiary/aromatic N) is 2. The molecule has 2 aromatic rings. The quantitative estimate of drug-likeness (QED) is 0.910. The molecule has 0 fully saturated rings. The van der Waals surface area contributed by atoms with Crippen LogP contribution in [0.4, 0.5) is 15.2 Å². The Morgan fingerprint density at radius 1 is 1.57 bits per heavy atom.